The number of esters is 1. The van der Waals surface area contributed by atoms with Crippen molar-refractivity contribution in [2.24, 2.45) is 0 Å². The molecule has 0 amide bonds. The lowest BCUT2D eigenvalue weighted by Crippen LogP contribution is -2.04. The Morgan fingerprint density at radius 1 is 1.07 bits per heavy atom. The first-order chi connectivity index (χ1) is 13.6. The van der Waals surface area contributed by atoms with E-state index in [0.717, 1.165) is 5.56 Å². The zero-order valence-corrected chi connectivity index (χ0v) is 16.1. The number of ether oxygens (including phenoxy) is 5. The molecule has 9 heteroatoms. The summed E-state index contributed by atoms with van der Waals surface area (Å²) in [7, 11) is 4.65. The number of hydrogen-bond acceptors (Lipinski definition) is 8. The van der Waals surface area contributed by atoms with E-state index in [2.05, 4.69) is 10.1 Å². The minimum Gasteiger partial charge on any atom is -0.493 e. The van der Waals surface area contributed by atoms with E-state index in [9.17, 15) is 4.79 Å². The first-order valence-corrected chi connectivity index (χ1v) is 8.54. The van der Waals surface area contributed by atoms with E-state index in [1.54, 1.807) is 52.5 Å². The standard InChI is InChI=1S/C19H21N3O6/c1-5-27-19(23)13-10-22-16(20-13)6-7-17(21-22)28-11-12-8-14(24-2)18(26-4)15(9-12)25-3/h6-10H,5,11H2,1-4H3. The van der Waals surface area contributed by atoms with Crippen LogP contribution in [0.3, 0.4) is 0 Å². The molecule has 28 heavy (non-hydrogen) atoms. The van der Waals surface area contributed by atoms with Gasteiger partial charge in [0.1, 0.15) is 6.61 Å². The van der Waals surface area contributed by atoms with Crippen LogP contribution in [0.4, 0.5) is 0 Å². The molecule has 3 rings (SSSR count). The topological polar surface area (TPSA) is 93.4 Å². The Morgan fingerprint density at radius 3 is 2.39 bits per heavy atom. The lowest BCUT2D eigenvalue weighted by molar-refractivity contribution is 0.0520. The molecule has 0 saturated carbocycles. The van der Waals surface area contributed by atoms with Gasteiger partial charge < -0.3 is 23.7 Å². The van der Waals surface area contributed by atoms with Crippen molar-refractivity contribution in [3.05, 3.63) is 41.7 Å². The van der Waals surface area contributed by atoms with Gasteiger partial charge in [0.2, 0.25) is 11.6 Å². The van der Waals surface area contributed by atoms with Crippen molar-refractivity contribution in [3.8, 4) is 23.1 Å². The normalized spacial score (nSPS) is 10.6. The number of imidazole rings is 1. The van der Waals surface area contributed by atoms with Gasteiger partial charge in [-0.05, 0) is 30.7 Å². The van der Waals surface area contributed by atoms with Crippen molar-refractivity contribution in [2.75, 3.05) is 27.9 Å². The maximum Gasteiger partial charge on any atom is 0.358 e. The molecule has 0 atom stereocenters. The fourth-order valence-corrected chi connectivity index (χ4v) is 2.62. The van der Waals surface area contributed by atoms with Gasteiger partial charge >= 0.3 is 5.97 Å². The Hall–Kier alpha value is -3.49. The molecule has 0 radical (unpaired) electrons. The number of benzene rings is 1. The highest BCUT2D eigenvalue weighted by atomic mass is 16.5. The third-order valence-electron chi connectivity index (χ3n) is 3.89. The molecule has 1 aromatic carbocycles. The molecule has 9 nitrogen and oxygen atoms in total. The van der Waals surface area contributed by atoms with Crippen molar-refractivity contribution in [3.63, 3.8) is 0 Å². The summed E-state index contributed by atoms with van der Waals surface area (Å²) in [5.41, 5.74) is 1.52. The molecule has 2 aromatic heterocycles. The predicted octanol–water partition coefficient (Wildman–Crippen LogP) is 2.51. The number of fused-ring (bicyclic) bond motifs is 1. The summed E-state index contributed by atoms with van der Waals surface area (Å²) in [6, 6.07) is 6.99. The van der Waals surface area contributed by atoms with Crippen LogP contribution in [0.2, 0.25) is 0 Å². The number of rotatable bonds is 8. The van der Waals surface area contributed by atoms with E-state index in [0.29, 0.717) is 28.8 Å². The molecule has 0 aliphatic heterocycles. The van der Waals surface area contributed by atoms with Crippen LogP contribution in [-0.2, 0) is 11.3 Å². The molecule has 0 fully saturated rings. The zero-order chi connectivity index (χ0) is 20.1. The third-order valence-corrected chi connectivity index (χ3v) is 3.89. The summed E-state index contributed by atoms with van der Waals surface area (Å²) in [6.45, 7) is 2.25. The number of methoxy groups -OCH3 is 3. The highest BCUT2D eigenvalue weighted by molar-refractivity contribution is 5.87. The second-order valence-corrected chi connectivity index (χ2v) is 5.64. The Labute approximate surface area is 161 Å². The molecule has 0 aliphatic carbocycles. The number of nitrogens with zero attached hydrogens (tertiary/aromatic N) is 3. The fourth-order valence-electron chi connectivity index (χ4n) is 2.62. The molecule has 0 bridgehead atoms. The summed E-state index contributed by atoms with van der Waals surface area (Å²) in [5, 5.41) is 4.31. The van der Waals surface area contributed by atoms with Crippen LogP contribution in [0, 0.1) is 0 Å². The molecular weight excluding hydrogens is 366 g/mol. The molecule has 148 valence electrons. The summed E-state index contributed by atoms with van der Waals surface area (Å²) in [6.07, 6.45) is 1.50. The largest absolute Gasteiger partial charge is 0.493 e. The average molecular weight is 387 g/mol. The van der Waals surface area contributed by atoms with Crippen LogP contribution in [-0.4, -0.2) is 48.5 Å². The Morgan fingerprint density at radius 2 is 1.79 bits per heavy atom. The van der Waals surface area contributed by atoms with Gasteiger partial charge in [-0.1, -0.05) is 0 Å². The number of hydrogen-bond donors (Lipinski definition) is 0. The first-order valence-electron chi connectivity index (χ1n) is 8.54. The molecule has 0 spiro atoms. The monoisotopic (exact) mass is 387 g/mol. The molecule has 0 saturated heterocycles. The van der Waals surface area contributed by atoms with Crippen molar-refractivity contribution >= 4 is 11.6 Å². The molecular formula is C19H21N3O6. The predicted molar refractivity (Wildman–Crippen MR) is 99.4 cm³/mol. The summed E-state index contributed by atoms with van der Waals surface area (Å²) in [5.74, 6) is 1.47. The SMILES string of the molecule is CCOC(=O)c1cn2nc(OCc3cc(OC)c(OC)c(OC)c3)ccc2n1. The number of carbonyl (C=O) groups excluding carboxylic acids is 1. The van der Waals surface area contributed by atoms with Crippen LogP contribution < -0.4 is 18.9 Å². The molecule has 3 aromatic rings. The summed E-state index contributed by atoms with van der Waals surface area (Å²) in [4.78, 5) is 16.0. The van der Waals surface area contributed by atoms with Gasteiger partial charge in [-0.3, -0.25) is 0 Å². The zero-order valence-electron chi connectivity index (χ0n) is 16.1. The smallest absolute Gasteiger partial charge is 0.358 e. The van der Waals surface area contributed by atoms with Gasteiger partial charge in [-0.2, -0.15) is 0 Å². The minimum atomic E-state index is -0.493. The quantitative estimate of drug-likeness (QED) is 0.544. The van der Waals surface area contributed by atoms with Gasteiger partial charge in [0.15, 0.2) is 22.8 Å². The van der Waals surface area contributed by atoms with Gasteiger partial charge in [0, 0.05) is 6.07 Å². The summed E-state index contributed by atoms with van der Waals surface area (Å²) < 4.78 is 28.2. The number of aromatic nitrogens is 3. The highest BCUT2D eigenvalue weighted by Gasteiger charge is 2.15. The van der Waals surface area contributed by atoms with E-state index >= 15 is 0 Å². The van der Waals surface area contributed by atoms with E-state index in [-0.39, 0.29) is 18.9 Å². The molecule has 0 N–H and O–H groups in total. The summed E-state index contributed by atoms with van der Waals surface area (Å²) >= 11 is 0. The lowest BCUT2D eigenvalue weighted by Gasteiger charge is -2.14. The molecule has 0 unspecified atom stereocenters. The van der Waals surface area contributed by atoms with E-state index in [1.165, 1.54) is 10.7 Å². The highest BCUT2D eigenvalue weighted by Crippen LogP contribution is 2.38. The maximum absolute atomic E-state index is 11.8. The lowest BCUT2D eigenvalue weighted by atomic mass is 10.2. The third kappa shape index (κ3) is 3.93. The van der Waals surface area contributed by atoms with Crippen LogP contribution in [0.15, 0.2) is 30.5 Å². The minimum absolute atomic E-state index is 0.191. The Bertz CT molecular complexity index is 960. The van der Waals surface area contributed by atoms with Crippen LogP contribution in [0.25, 0.3) is 5.65 Å². The average Bonchev–Trinajstić information content (AvgIpc) is 3.15. The Kier molecular flexibility index (Phi) is 5.83. The van der Waals surface area contributed by atoms with Crippen LogP contribution in [0.5, 0.6) is 23.1 Å². The fraction of sp³-hybridized carbons (Fsp3) is 0.316. The second kappa shape index (κ2) is 8.47. The van der Waals surface area contributed by atoms with Crippen molar-refractivity contribution in [2.45, 2.75) is 13.5 Å². The van der Waals surface area contributed by atoms with Crippen molar-refractivity contribution < 1.29 is 28.5 Å². The first kappa shape index (κ1) is 19.3. The Balaban J connectivity index is 1.79. The van der Waals surface area contributed by atoms with Gasteiger partial charge in [-0.25, -0.2) is 14.3 Å². The van der Waals surface area contributed by atoms with Crippen molar-refractivity contribution in [1.82, 2.24) is 14.6 Å². The van der Waals surface area contributed by atoms with E-state index < -0.39 is 5.97 Å². The molecule has 2 heterocycles. The van der Waals surface area contributed by atoms with Crippen LogP contribution >= 0.6 is 0 Å². The molecule has 0 aliphatic rings. The number of carbonyl (C=O) groups is 1. The maximum atomic E-state index is 11.8. The van der Waals surface area contributed by atoms with Crippen LogP contribution in [0.1, 0.15) is 23.0 Å². The van der Waals surface area contributed by atoms with Gasteiger partial charge in [0.25, 0.3) is 0 Å². The second-order valence-electron chi connectivity index (χ2n) is 5.64. The van der Waals surface area contributed by atoms with Gasteiger partial charge in [-0.15, -0.1) is 5.10 Å². The van der Waals surface area contributed by atoms with Crippen molar-refractivity contribution in [1.29, 1.82) is 0 Å². The van der Waals surface area contributed by atoms with Gasteiger partial charge in [0.05, 0.1) is 34.1 Å². The van der Waals surface area contributed by atoms with E-state index in [4.69, 9.17) is 23.7 Å². The van der Waals surface area contributed by atoms with E-state index in [1.807, 2.05) is 0 Å².